The van der Waals surface area contributed by atoms with Crippen molar-refractivity contribution in [2.75, 3.05) is 0 Å². The van der Waals surface area contributed by atoms with Gasteiger partial charge in [-0.3, -0.25) is 0 Å². The number of hydrogen-bond acceptors (Lipinski definition) is 2. The SMILES string of the molecule is Cc1c(C)c(C)c(C)c(C)c1C.[NH-][C@H](c1ccccc1)[C@H]([N-]S(=O)(=O)C(F)(F)F)c1ccccc1.[Ru+2]. The number of sulfonamides is 1. The molecule has 36 heavy (non-hydrogen) atoms. The summed E-state index contributed by atoms with van der Waals surface area (Å²) in [5, 5.41) is 0. The van der Waals surface area contributed by atoms with E-state index in [0.29, 0.717) is 5.56 Å². The molecule has 2 atom stereocenters. The van der Waals surface area contributed by atoms with Crippen molar-refractivity contribution in [2.24, 2.45) is 0 Å². The molecule has 0 aromatic heterocycles. The number of nitrogens with one attached hydrogen (secondary N) is 1. The van der Waals surface area contributed by atoms with Gasteiger partial charge >= 0.3 is 25.0 Å². The molecular formula is C27H31F3N2O2RuS. The summed E-state index contributed by atoms with van der Waals surface area (Å²) in [6.07, 6.45) is 0. The van der Waals surface area contributed by atoms with Gasteiger partial charge in [0.15, 0.2) is 10.0 Å². The number of nitrogens with zero attached hydrogens (tertiary/aromatic N) is 1. The topological polar surface area (TPSA) is 72.0 Å². The number of alkyl halides is 3. The van der Waals surface area contributed by atoms with Crippen molar-refractivity contribution in [3.63, 3.8) is 0 Å². The van der Waals surface area contributed by atoms with Gasteiger partial charge in [-0.2, -0.15) is 13.2 Å². The molecule has 0 bridgehead atoms. The van der Waals surface area contributed by atoms with E-state index in [-0.39, 0.29) is 25.0 Å². The van der Waals surface area contributed by atoms with Gasteiger partial charge in [0.25, 0.3) is 0 Å². The second-order valence-electron chi connectivity index (χ2n) is 8.52. The molecule has 1 N–H and O–H groups in total. The number of rotatable bonds is 5. The van der Waals surface area contributed by atoms with Gasteiger partial charge in [0.2, 0.25) is 0 Å². The van der Waals surface area contributed by atoms with E-state index < -0.39 is 27.6 Å². The van der Waals surface area contributed by atoms with Crippen LogP contribution in [-0.4, -0.2) is 13.9 Å². The van der Waals surface area contributed by atoms with Crippen LogP contribution in [-0.2, 0) is 29.5 Å². The fraction of sp³-hybridized carbons (Fsp3) is 0.333. The maximum absolute atomic E-state index is 12.6. The van der Waals surface area contributed by atoms with Crippen LogP contribution in [0.15, 0.2) is 60.7 Å². The Morgan fingerprint density at radius 2 is 0.972 bits per heavy atom. The second kappa shape index (κ2) is 13.0. The summed E-state index contributed by atoms with van der Waals surface area (Å²) in [5.41, 5.74) is 12.0. The summed E-state index contributed by atoms with van der Waals surface area (Å²) in [7, 11) is -5.69. The minimum atomic E-state index is -5.69. The maximum atomic E-state index is 12.6. The molecule has 0 heterocycles. The Hall–Kier alpha value is -2.06. The van der Waals surface area contributed by atoms with Crippen LogP contribution in [0, 0.1) is 41.5 Å². The number of halogens is 3. The van der Waals surface area contributed by atoms with Gasteiger partial charge in [0.05, 0.1) is 0 Å². The third-order valence-electron chi connectivity index (χ3n) is 6.54. The molecule has 0 amide bonds. The van der Waals surface area contributed by atoms with Crippen LogP contribution in [0.2, 0.25) is 0 Å². The molecule has 9 heteroatoms. The first-order chi connectivity index (χ1) is 16.2. The van der Waals surface area contributed by atoms with Crippen molar-refractivity contribution < 1.29 is 41.1 Å². The number of benzene rings is 3. The van der Waals surface area contributed by atoms with Gasteiger partial charge in [0, 0.05) is 0 Å². The molecule has 4 nitrogen and oxygen atoms in total. The Kier molecular flexibility index (Phi) is 11.5. The fourth-order valence-electron chi connectivity index (χ4n) is 3.70. The maximum Gasteiger partial charge on any atom is 2.00 e. The van der Waals surface area contributed by atoms with Crippen molar-refractivity contribution >= 4 is 10.0 Å². The van der Waals surface area contributed by atoms with Crippen molar-refractivity contribution in [2.45, 2.75) is 59.1 Å². The Labute approximate surface area is 225 Å². The predicted molar refractivity (Wildman–Crippen MR) is 136 cm³/mol. The van der Waals surface area contributed by atoms with E-state index in [1.807, 2.05) is 0 Å². The summed E-state index contributed by atoms with van der Waals surface area (Å²) in [6.45, 7) is 13.3. The van der Waals surface area contributed by atoms with E-state index in [2.05, 4.69) is 46.3 Å². The van der Waals surface area contributed by atoms with E-state index in [1.165, 1.54) is 45.5 Å². The molecular weight excluding hydrogens is 574 g/mol. The zero-order chi connectivity index (χ0) is 26.6. The average Bonchev–Trinajstić information content (AvgIpc) is 2.84. The Balaban J connectivity index is 0.000000422. The first-order valence-corrected chi connectivity index (χ1v) is 12.5. The monoisotopic (exact) mass is 606 g/mol. The quantitative estimate of drug-likeness (QED) is 0.275. The van der Waals surface area contributed by atoms with Gasteiger partial charge in [-0.25, -0.2) is 8.42 Å². The molecule has 0 fully saturated rings. The predicted octanol–water partition coefficient (Wildman–Crippen LogP) is 8.28. The molecule has 0 spiro atoms. The van der Waals surface area contributed by atoms with Crippen LogP contribution < -0.4 is 0 Å². The van der Waals surface area contributed by atoms with Gasteiger partial charge in [-0.05, 0) is 74.9 Å². The third kappa shape index (κ3) is 7.48. The summed E-state index contributed by atoms with van der Waals surface area (Å²) < 4.78 is 63.7. The van der Waals surface area contributed by atoms with Gasteiger partial charge < -0.3 is 10.5 Å². The van der Waals surface area contributed by atoms with Crippen LogP contribution in [0.1, 0.15) is 56.6 Å². The van der Waals surface area contributed by atoms with Gasteiger partial charge in [0.1, 0.15) is 0 Å². The molecule has 0 radical (unpaired) electrons. The van der Waals surface area contributed by atoms with Crippen molar-refractivity contribution in [3.05, 3.63) is 116 Å². The van der Waals surface area contributed by atoms with E-state index in [0.717, 1.165) is 0 Å². The largest absolute Gasteiger partial charge is 2.00 e. The standard InChI is InChI=1S/C15H13F3N2O2S.C12H18.Ru/c16-15(17,18)23(21,22)20-14(12-9-5-2-6-10-12)13(19)11-7-3-1-4-8-11;1-7-8(2)10(4)12(6)11(5)9(7)3;/h1-10,13-14,19H;1-6H3;/q-2;;+2/t13-,14-;;/m1../s1. The molecule has 3 aromatic carbocycles. The molecule has 3 aromatic rings. The molecule has 0 aliphatic carbocycles. The van der Waals surface area contributed by atoms with Crippen LogP contribution in [0.3, 0.4) is 0 Å². The minimum Gasteiger partial charge on any atom is -0.672 e. The number of hydrogen-bond donors (Lipinski definition) is 0. The third-order valence-corrected chi connectivity index (χ3v) is 7.62. The van der Waals surface area contributed by atoms with E-state index in [9.17, 15) is 21.6 Å². The fourth-order valence-corrected chi connectivity index (χ4v) is 4.37. The zero-order valence-electron chi connectivity index (χ0n) is 21.1. The zero-order valence-corrected chi connectivity index (χ0v) is 23.6. The molecule has 0 saturated heterocycles. The summed E-state index contributed by atoms with van der Waals surface area (Å²) >= 11 is 0. The first-order valence-electron chi connectivity index (χ1n) is 11.1. The molecule has 0 unspecified atom stereocenters. The van der Waals surface area contributed by atoms with Crippen molar-refractivity contribution in [3.8, 4) is 0 Å². The normalized spacial score (nSPS) is 13.2. The van der Waals surface area contributed by atoms with Crippen LogP contribution in [0.5, 0.6) is 0 Å². The van der Waals surface area contributed by atoms with Crippen LogP contribution in [0.4, 0.5) is 13.2 Å². The van der Waals surface area contributed by atoms with Crippen molar-refractivity contribution in [1.29, 1.82) is 0 Å². The van der Waals surface area contributed by atoms with E-state index in [1.54, 1.807) is 48.5 Å². The molecule has 0 saturated carbocycles. The van der Waals surface area contributed by atoms with Crippen molar-refractivity contribution in [1.82, 2.24) is 0 Å². The van der Waals surface area contributed by atoms with Crippen LogP contribution >= 0.6 is 0 Å². The second-order valence-corrected chi connectivity index (χ2v) is 10.1. The van der Waals surface area contributed by atoms with Crippen LogP contribution in [0.25, 0.3) is 10.5 Å². The molecule has 196 valence electrons. The molecule has 0 aliphatic heterocycles. The molecule has 0 aliphatic rings. The van der Waals surface area contributed by atoms with Gasteiger partial charge in [-0.1, -0.05) is 71.8 Å². The van der Waals surface area contributed by atoms with E-state index in [4.69, 9.17) is 5.73 Å². The molecule has 3 rings (SSSR count). The minimum absolute atomic E-state index is 0. The van der Waals surface area contributed by atoms with Gasteiger partial charge in [-0.15, -0.1) is 12.1 Å². The summed E-state index contributed by atoms with van der Waals surface area (Å²) in [6, 6.07) is 12.9. The smallest absolute Gasteiger partial charge is 0.672 e. The first kappa shape index (κ1) is 32.0. The Bertz CT molecular complexity index is 1140. The summed E-state index contributed by atoms with van der Waals surface area (Å²) in [5.74, 6) is 0. The summed E-state index contributed by atoms with van der Waals surface area (Å²) in [4.78, 5) is 0. The Morgan fingerprint density at radius 3 is 1.28 bits per heavy atom. The van der Waals surface area contributed by atoms with E-state index >= 15 is 0 Å². The Morgan fingerprint density at radius 1 is 0.667 bits per heavy atom. The average molecular weight is 606 g/mol.